The summed E-state index contributed by atoms with van der Waals surface area (Å²) in [6, 6.07) is 14.6. The molecule has 0 aliphatic carbocycles. The number of carboxylic acids is 1. The molecule has 1 aromatic carbocycles. The van der Waals surface area contributed by atoms with E-state index in [0.717, 1.165) is 5.56 Å². The van der Waals surface area contributed by atoms with Gasteiger partial charge in [-0.05, 0) is 24.6 Å². The Labute approximate surface area is 150 Å². The van der Waals surface area contributed by atoms with Gasteiger partial charge in [-0.2, -0.15) is 10.5 Å². The van der Waals surface area contributed by atoms with Crippen molar-refractivity contribution in [2.24, 2.45) is 7.05 Å². The molecule has 6 nitrogen and oxygen atoms in total. The molecule has 0 radical (unpaired) electrons. The van der Waals surface area contributed by atoms with Gasteiger partial charge < -0.3 is 9.67 Å². The van der Waals surface area contributed by atoms with Crippen LogP contribution in [-0.4, -0.2) is 20.6 Å². The quantitative estimate of drug-likeness (QED) is 0.784. The molecule has 0 spiro atoms. The summed E-state index contributed by atoms with van der Waals surface area (Å²) in [6.45, 7) is 1.72. The van der Waals surface area contributed by atoms with Gasteiger partial charge in [-0.1, -0.05) is 24.3 Å². The van der Waals surface area contributed by atoms with Gasteiger partial charge in [0.1, 0.15) is 17.8 Å². The Kier molecular flexibility index (Phi) is 4.26. The SMILES string of the molecule is Cc1c(C#N)c(-c2ccc(-c3ncccc3C#N)cc2)c(C(=O)O)n1C. The van der Waals surface area contributed by atoms with Crippen molar-refractivity contribution in [2.75, 3.05) is 0 Å². The minimum absolute atomic E-state index is 0.0716. The van der Waals surface area contributed by atoms with Gasteiger partial charge in [0.15, 0.2) is 0 Å². The first-order valence-electron chi connectivity index (χ1n) is 7.78. The summed E-state index contributed by atoms with van der Waals surface area (Å²) in [5.74, 6) is -1.09. The highest BCUT2D eigenvalue weighted by molar-refractivity contribution is 5.97. The molecule has 6 heteroatoms. The second kappa shape index (κ2) is 6.54. The van der Waals surface area contributed by atoms with E-state index in [1.165, 1.54) is 4.57 Å². The lowest BCUT2D eigenvalue weighted by Gasteiger charge is -2.07. The van der Waals surface area contributed by atoms with Crippen LogP contribution in [0, 0.1) is 29.6 Å². The molecular weight excluding hydrogens is 328 g/mol. The summed E-state index contributed by atoms with van der Waals surface area (Å²) in [4.78, 5) is 15.9. The van der Waals surface area contributed by atoms with E-state index in [1.54, 1.807) is 56.6 Å². The monoisotopic (exact) mass is 342 g/mol. The second-order valence-corrected chi connectivity index (χ2v) is 5.75. The van der Waals surface area contributed by atoms with E-state index in [4.69, 9.17) is 0 Å². The van der Waals surface area contributed by atoms with Gasteiger partial charge in [-0.3, -0.25) is 4.98 Å². The Morgan fingerprint density at radius 2 is 1.77 bits per heavy atom. The van der Waals surface area contributed by atoms with Gasteiger partial charge in [-0.15, -0.1) is 0 Å². The molecule has 3 rings (SSSR count). The third-order valence-electron chi connectivity index (χ3n) is 4.38. The van der Waals surface area contributed by atoms with E-state index in [0.29, 0.717) is 33.6 Å². The van der Waals surface area contributed by atoms with Crippen LogP contribution < -0.4 is 0 Å². The van der Waals surface area contributed by atoms with Gasteiger partial charge in [0.05, 0.1) is 16.8 Å². The number of aromatic carboxylic acids is 1. The lowest BCUT2D eigenvalue weighted by molar-refractivity contribution is 0.0687. The van der Waals surface area contributed by atoms with Crippen LogP contribution in [0.5, 0.6) is 0 Å². The molecule has 0 saturated carbocycles. The normalized spacial score (nSPS) is 10.2. The van der Waals surface area contributed by atoms with Gasteiger partial charge in [0.25, 0.3) is 0 Å². The number of carboxylic acid groups (broad SMARTS) is 1. The number of pyridine rings is 1. The fraction of sp³-hybridized carbons (Fsp3) is 0.100. The predicted octanol–water partition coefficient (Wildman–Crippen LogP) is 3.50. The Hall–Kier alpha value is -3.90. The molecule has 0 aliphatic rings. The first kappa shape index (κ1) is 16.9. The van der Waals surface area contributed by atoms with E-state index < -0.39 is 5.97 Å². The van der Waals surface area contributed by atoms with Crippen LogP contribution in [0.4, 0.5) is 0 Å². The van der Waals surface area contributed by atoms with Crippen molar-refractivity contribution in [1.82, 2.24) is 9.55 Å². The average Bonchev–Trinajstić information content (AvgIpc) is 2.92. The highest BCUT2D eigenvalue weighted by Crippen LogP contribution is 2.33. The fourth-order valence-corrected chi connectivity index (χ4v) is 2.99. The third-order valence-corrected chi connectivity index (χ3v) is 4.38. The number of nitriles is 2. The molecule has 0 unspecified atom stereocenters. The van der Waals surface area contributed by atoms with Crippen LogP contribution in [0.2, 0.25) is 0 Å². The Morgan fingerprint density at radius 3 is 2.35 bits per heavy atom. The van der Waals surface area contributed by atoms with Crippen LogP contribution in [-0.2, 0) is 7.05 Å². The Balaban J connectivity index is 2.17. The molecule has 126 valence electrons. The zero-order valence-corrected chi connectivity index (χ0v) is 14.2. The third kappa shape index (κ3) is 2.60. The smallest absolute Gasteiger partial charge is 0.353 e. The molecule has 3 aromatic rings. The zero-order chi connectivity index (χ0) is 18.8. The topological polar surface area (TPSA) is 103 Å². The van der Waals surface area contributed by atoms with Crippen molar-refractivity contribution in [3.8, 4) is 34.5 Å². The zero-order valence-electron chi connectivity index (χ0n) is 14.2. The maximum atomic E-state index is 11.7. The van der Waals surface area contributed by atoms with Crippen LogP contribution in [0.25, 0.3) is 22.4 Å². The lowest BCUT2D eigenvalue weighted by atomic mass is 9.98. The number of benzene rings is 1. The molecule has 0 saturated heterocycles. The summed E-state index contributed by atoms with van der Waals surface area (Å²) in [5.41, 5.74) is 3.79. The van der Waals surface area contributed by atoms with E-state index >= 15 is 0 Å². The van der Waals surface area contributed by atoms with Crippen molar-refractivity contribution in [3.63, 3.8) is 0 Å². The molecule has 0 fully saturated rings. The summed E-state index contributed by atoms with van der Waals surface area (Å²) in [6.07, 6.45) is 1.61. The van der Waals surface area contributed by atoms with Crippen molar-refractivity contribution in [3.05, 3.63) is 65.1 Å². The van der Waals surface area contributed by atoms with Crippen LogP contribution in [0.1, 0.15) is 27.3 Å². The van der Waals surface area contributed by atoms with Crippen molar-refractivity contribution < 1.29 is 9.90 Å². The number of nitrogens with zero attached hydrogens (tertiary/aromatic N) is 4. The van der Waals surface area contributed by atoms with Crippen LogP contribution in [0.3, 0.4) is 0 Å². The van der Waals surface area contributed by atoms with Gasteiger partial charge >= 0.3 is 5.97 Å². The minimum atomic E-state index is -1.09. The Morgan fingerprint density at radius 1 is 1.12 bits per heavy atom. The summed E-state index contributed by atoms with van der Waals surface area (Å²) in [5, 5.41) is 28.3. The second-order valence-electron chi connectivity index (χ2n) is 5.75. The maximum Gasteiger partial charge on any atom is 0.353 e. The average molecular weight is 342 g/mol. The lowest BCUT2D eigenvalue weighted by Crippen LogP contribution is -2.06. The summed E-state index contributed by atoms with van der Waals surface area (Å²) in [7, 11) is 1.63. The number of carbonyl (C=O) groups is 1. The largest absolute Gasteiger partial charge is 0.477 e. The van der Waals surface area contributed by atoms with Gasteiger partial charge in [0.2, 0.25) is 0 Å². The van der Waals surface area contributed by atoms with Gasteiger partial charge in [-0.25, -0.2) is 4.79 Å². The van der Waals surface area contributed by atoms with Crippen molar-refractivity contribution in [2.45, 2.75) is 6.92 Å². The van der Waals surface area contributed by atoms with E-state index in [9.17, 15) is 20.4 Å². The predicted molar refractivity (Wildman–Crippen MR) is 95.2 cm³/mol. The van der Waals surface area contributed by atoms with Gasteiger partial charge in [0, 0.05) is 30.1 Å². The number of hydrogen-bond acceptors (Lipinski definition) is 4. The fourth-order valence-electron chi connectivity index (χ4n) is 2.99. The molecular formula is C20H14N4O2. The van der Waals surface area contributed by atoms with E-state index in [-0.39, 0.29) is 5.69 Å². The van der Waals surface area contributed by atoms with Crippen LogP contribution >= 0.6 is 0 Å². The van der Waals surface area contributed by atoms with Crippen molar-refractivity contribution >= 4 is 5.97 Å². The Bertz CT molecular complexity index is 1100. The molecule has 0 amide bonds. The first-order valence-corrected chi connectivity index (χ1v) is 7.78. The summed E-state index contributed by atoms with van der Waals surface area (Å²) < 4.78 is 1.51. The van der Waals surface area contributed by atoms with E-state index in [2.05, 4.69) is 17.1 Å². The maximum absolute atomic E-state index is 11.7. The molecule has 2 aromatic heterocycles. The highest BCUT2D eigenvalue weighted by Gasteiger charge is 2.24. The number of aromatic nitrogens is 2. The number of hydrogen-bond donors (Lipinski definition) is 1. The van der Waals surface area contributed by atoms with Crippen LogP contribution in [0.15, 0.2) is 42.6 Å². The molecule has 26 heavy (non-hydrogen) atoms. The molecule has 2 heterocycles. The highest BCUT2D eigenvalue weighted by atomic mass is 16.4. The standard InChI is InChI=1S/C20H14N4O2/c1-12-16(11-22)17(19(20(25)26)24(12)2)13-5-7-14(8-6-13)18-15(10-21)4-3-9-23-18/h3-9H,1-2H3,(H,25,26). The van der Waals surface area contributed by atoms with E-state index in [1.807, 2.05) is 0 Å². The molecule has 0 aliphatic heterocycles. The molecule has 1 N–H and O–H groups in total. The summed E-state index contributed by atoms with van der Waals surface area (Å²) >= 11 is 0. The molecule has 0 atom stereocenters. The minimum Gasteiger partial charge on any atom is -0.477 e. The first-order chi connectivity index (χ1) is 12.5. The number of rotatable bonds is 3. The molecule has 0 bridgehead atoms. The van der Waals surface area contributed by atoms with Crippen molar-refractivity contribution in [1.29, 1.82) is 10.5 Å².